The topological polar surface area (TPSA) is 58.6 Å². The molecule has 2 N–H and O–H groups in total. The Kier molecular flexibility index (Phi) is 4.25. The second-order valence-electron chi connectivity index (χ2n) is 4.62. The van der Waals surface area contributed by atoms with E-state index in [1.165, 1.54) is 0 Å². The first kappa shape index (κ1) is 13.9. The fraction of sp³-hybridized carbons (Fsp3) is 0.188. The van der Waals surface area contributed by atoms with Gasteiger partial charge in [-0.05, 0) is 43.2 Å². The molecule has 0 aromatic heterocycles. The zero-order valence-electron chi connectivity index (χ0n) is 11.5. The lowest BCUT2D eigenvalue weighted by Gasteiger charge is -2.10. The van der Waals surface area contributed by atoms with Crippen molar-refractivity contribution >= 4 is 11.6 Å². The van der Waals surface area contributed by atoms with E-state index < -0.39 is 0 Å². The van der Waals surface area contributed by atoms with Crippen LogP contribution in [0.5, 0.6) is 11.5 Å². The Morgan fingerprint density at radius 2 is 1.95 bits per heavy atom. The molecule has 4 nitrogen and oxygen atoms in total. The summed E-state index contributed by atoms with van der Waals surface area (Å²) >= 11 is 0. The highest BCUT2D eigenvalue weighted by molar-refractivity contribution is 5.93. The first-order chi connectivity index (χ1) is 9.56. The Labute approximate surface area is 118 Å². The summed E-state index contributed by atoms with van der Waals surface area (Å²) in [5.74, 6) is 0.408. The number of nitrogens with one attached hydrogen (secondary N) is 1. The molecule has 1 amide bonds. The van der Waals surface area contributed by atoms with Crippen LogP contribution in [0.15, 0.2) is 42.5 Å². The molecule has 4 heteroatoms. The van der Waals surface area contributed by atoms with Crippen LogP contribution in [0.1, 0.15) is 11.1 Å². The Balaban J connectivity index is 1.96. The minimum absolute atomic E-state index is 0.0415. The number of aromatic hydroxyl groups is 1. The third-order valence-electron chi connectivity index (χ3n) is 2.88. The second-order valence-corrected chi connectivity index (χ2v) is 4.62. The van der Waals surface area contributed by atoms with Crippen LogP contribution < -0.4 is 10.1 Å². The number of hydrogen-bond acceptors (Lipinski definition) is 3. The maximum Gasteiger partial charge on any atom is 0.262 e. The van der Waals surface area contributed by atoms with E-state index in [1.54, 1.807) is 18.2 Å². The number of phenolic OH excluding ortho intramolecular Hbond substituents is 1. The predicted molar refractivity (Wildman–Crippen MR) is 78.1 cm³/mol. The average molecular weight is 271 g/mol. The lowest BCUT2D eigenvalue weighted by atomic mass is 10.2. The number of hydrogen-bond donors (Lipinski definition) is 2. The molecule has 0 saturated heterocycles. The van der Waals surface area contributed by atoms with Crippen LogP contribution in [0.2, 0.25) is 0 Å². The van der Waals surface area contributed by atoms with Crippen molar-refractivity contribution in [2.45, 2.75) is 13.8 Å². The van der Waals surface area contributed by atoms with Gasteiger partial charge in [0, 0.05) is 0 Å². The standard InChI is InChI=1S/C16H17NO3/c1-11-7-8-14(18)13(9-11)17-16(19)10-20-15-6-4-3-5-12(15)2/h3-9,18H,10H2,1-2H3,(H,17,19). The highest BCUT2D eigenvalue weighted by Gasteiger charge is 2.08. The van der Waals surface area contributed by atoms with E-state index in [9.17, 15) is 9.90 Å². The minimum atomic E-state index is -0.311. The van der Waals surface area contributed by atoms with Crippen molar-refractivity contribution < 1.29 is 14.6 Å². The van der Waals surface area contributed by atoms with Crippen molar-refractivity contribution in [2.75, 3.05) is 11.9 Å². The van der Waals surface area contributed by atoms with Crippen LogP contribution in [-0.4, -0.2) is 17.6 Å². The molecule has 2 rings (SSSR count). The number of carbonyl (C=O) groups is 1. The molecule has 0 bridgehead atoms. The summed E-state index contributed by atoms with van der Waals surface area (Å²) in [6, 6.07) is 12.5. The third kappa shape index (κ3) is 3.51. The number of rotatable bonds is 4. The van der Waals surface area contributed by atoms with Gasteiger partial charge in [-0.15, -0.1) is 0 Å². The second kappa shape index (κ2) is 6.10. The lowest BCUT2D eigenvalue weighted by Crippen LogP contribution is -2.20. The van der Waals surface area contributed by atoms with Crippen LogP contribution in [-0.2, 0) is 4.79 Å². The van der Waals surface area contributed by atoms with Gasteiger partial charge in [0.1, 0.15) is 11.5 Å². The fourth-order valence-electron chi connectivity index (χ4n) is 1.80. The van der Waals surface area contributed by atoms with E-state index in [4.69, 9.17) is 4.74 Å². The fourth-order valence-corrected chi connectivity index (χ4v) is 1.80. The number of ether oxygens (including phenoxy) is 1. The molecule has 0 radical (unpaired) electrons. The molecule has 0 spiro atoms. The molecule has 0 aliphatic heterocycles. The number of carbonyl (C=O) groups excluding carboxylic acids is 1. The summed E-state index contributed by atoms with van der Waals surface area (Å²) in [5, 5.41) is 12.3. The van der Waals surface area contributed by atoms with Crippen molar-refractivity contribution in [2.24, 2.45) is 0 Å². The molecule has 0 atom stereocenters. The van der Waals surface area contributed by atoms with Crippen LogP contribution in [0.3, 0.4) is 0 Å². The molecular formula is C16H17NO3. The van der Waals surface area contributed by atoms with E-state index >= 15 is 0 Å². The third-order valence-corrected chi connectivity index (χ3v) is 2.88. The highest BCUT2D eigenvalue weighted by atomic mass is 16.5. The Bertz CT molecular complexity index is 623. The molecule has 2 aromatic rings. The molecule has 2 aromatic carbocycles. The molecule has 0 heterocycles. The van der Waals surface area contributed by atoms with Crippen LogP contribution in [0.4, 0.5) is 5.69 Å². The lowest BCUT2D eigenvalue weighted by molar-refractivity contribution is -0.118. The van der Waals surface area contributed by atoms with Gasteiger partial charge in [-0.2, -0.15) is 0 Å². The van der Waals surface area contributed by atoms with Crippen molar-refractivity contribution in [3.63, 3.8) is 0 Å². The molecular weight excluding hydrogens is 254 g/mol. The molecule has 0 aliphatic rings. The van der Waals surface area contributed by atoms with Crippen molar-refractivity contribution in [3.05, 3.63) is 53.6 Å². The van der Waals surface area contributed by atoms with E-state index in [0.29, 0.717) is 11.4 Å². The Hall–Kier alpha value is -2.49. The molecule has 20 heavy (non-hydrogen) atoms. The van der Waals surface area contributed by atoms with E-state index in [2.05, 4.69) is 5.32 Å². The van der Waals surface area contributed by atoms with Gasteiger partial charge in [-0.3, -0.25) is 4.79 Å². The average Bonchev–Trinajstić information content (AvgIpc) is 2.42. The number of benzene rings is 2. The molecule has 0 saturated carbocycles. The van der Waals surface area contributed by atoms with Crippen molar-refractivity contribution in [1.82, 2.24) is 0 Å². The van der Waals surface area contributed by atoms with Crippen LogP contribution >= 0.6 is 0 Å². The summed E-state index contributed by atoms with van der Waals surface area (Å²) < 4.78 is 5.45. The van der Waals surface area contributed by atoms with Gasteiger partial charge in [0.05, 0.1) is 5.69 Å². The number of anilines is 1. The van der Waals surface area contributed by atoms with Gasteiger partial charge < -0.3 is 15.2 Å². The smallest absolute Gasteiger partial charge is 0.262 e. The summed E-state index contributed by atoms with van der Waals surface area (Å²) in [5.41, 5.74) is 2.32. The van der Waals surface area contributed by atoms with E-state index in [0.717, 1.165) is 11.1 Å². The van der Waals surface area contributed by atoms with Gasteiger partial charge in [0.2, 0.25) is 0 Å². The van der Waals surface area contributed by atoms with E-state index in [-0.39, 0.29) is 18.3 Å². The largest absolute Gasteiger partial charge is 0.506 e. The van der Waals surface area contributed by atoms with Gasteiger partial charge in [-0.25, -0.2) is 0 Å². The number of para-hydroxylation sites is 1. The normalized spacial score (nSPS) is 10.1. The van der Waals surface area contributed by atoms with Crippen LogP contribution in [0, 0.1) is 13.8 Å². The highest BCUT2D eigenvalue weighted by Crippen LogP contribution is 2.23. The molecule has 0 fully saturated rings. The predicted octanol–water partition coefficient (Wildman–Crippen LogP) is 3.03. The summed E-state index contributed by atoms with van der Waals surface area (Å²) in [6.45, 7) is 3.71. The zero-order chi connectivity index (χ0) is 14.5. The molecule has 0 aliphatic carbocycles. The van der Waals surface area contributed by atoms with Crippen molar-refractivity contribution in [1.29, 1.82) is 0 Å². The minimum Gasteiger partial charge on any atom is -0.506 e. The maximum atomic E-state index is 11.8. The number of aryl methyl sites for hydroxylation is 2. The van der Waals surface area contributed by atoms with E-state index in [1.807, 2.05) is 38.1 Å². The summed E-state index contributed by atoms with van der Waals surface area (Å²) in [4.78, 5) is 11.8. The van der Waals surface area contributed by atoms with Gasteiger partial charge in [0.15, 0.2) is 6.61 Å². The van der Waals surface area contributed by atoms with Crippen molar-refractivity contribution in [3.8, 4) is 11.5 Å². The first-order valence-electron chi connectivity index (χ1n) is 6.34. The monoisotopic (exact) mass is 271 g/mol. The quantitative estimate of drug-likeness (QED) is 0.840. The summed E-state index contributed by atoms with van der Waals surface area (Å²) in [7, 11) is 0. The zero-order valence-corrected chi connectivity index (χ0v) is 11.5. The van der Waals surface area contributed by atoms with Gasteiger partial charge in [-0.1, -0.05) is 24.3 Å². The summed E-state index contributed by atoms with van der Waals surface area (Å²) in [6.07, 6.45) is 0. The van der Waals surface area contributed by atoms with Crippen LogP contribution in [0.25, 0.3) is 0 Å². The SMILES string of the molecule is Cc1ccc(O)c(NC(=O)COc2ccccc2C)c1. The molecule has 0 unspecified atom stereocenters. The van der Waals surface area contributed by atoms with Gasteiger partial charge >= 0.3 is 0 Å². The number of amides is 1. The Morgan fingerprint density at radius 3 is 2.70 bits per heavy atom. The molecule has 104 valence electrons. The van der Waals surface area contributed by atoms with Gasteiger partial charge in [0.25, 0.3) is 5.91 Å². The maximum absolute atomic E-state index is 11.8. The first-order valence-corrected chi connectivity index (χ1v) is 6.34. The number of phenols is 1. The Morgan fingerprint density at radius 1 is 1.20 bits per heavy atom.